The Bertz CT molecular complexity index is 908. The molecule has 2 aromatic heterocycles. The molecule has 1 saturated heterocycles. The van der Waals surface area contributed by atoms with Crippen LogP contribution in [0.5, 0.6) is 0 Å². The Hall–Kier alpha value is -2.58. The van der Waals surface area contributed by atoms with Gasteiger partial charge in [-0.2, -0.15) is 0 Å². The van der Waals surface area contributed by atoms with Gasteiger partial charge in [-0.25, -0.2) is 4.68 Å². The van der Waals surface area contributed by atoms with Crippen molar-refractivity contribution in [2.24, 2.45) is 5.73 Å². The Morgan fingerprint density at radius 3 is 2.69 bits per heavy atom. The van der Waals surface area contributed by atoms with E-state index in [0.717, 1.165) is 18.8 Å². The monoisotopic (exact) mass is 432 g/mol. The lowest BCUT2D eigenvalue weighted by Gasteiger charge is -2.22. The second kappa shape index (κ2) is 10.3. The number of rotatable bonds is 7. The zero-order valence-corrected chi connectivity index (χ0v) is 17.8. The minimum absolute atomic E-state index is 0.195. The number of nitrogens with one attached hydrogen (secondary N) is 1. The van der Waals surface area contributed by atoms with Gasteiger partial charge in [-0.05, 0) is 37.1 Å². The molecular weight excluding hydrogens is 408 g/mol. The van der Waals surface area contributed by atoms with Crippen LogP contribution >= 0.6 is 22.9 Å². The second-order valence-electron chi connectivity index (χ2n) is 6.76. The molecule has 2 aromatic rings. The van der Waals surface area contributed by atoms with Gasteiger partial charge in [0.25, 0.3) is 5.91 Å². The van der Waals surface area contributed by atoms with E-state index in [0.29, 0.717) is 20.6 Å². The van der Waals surface area contributed by atoms with Crippen LogP contribution in [0, 0.1) is 0 Å². The smallest absolute Gasteiger partial charge is 0.261 e. The normalized spacial score (nSPS) is 15.5. The first kappa shape index (κ1) is 21.1. The van der Waals surface area contributed by atoms with E-state index in [9.17, 15) is 4.79 Å². The molecule has 0 saturated carbocycles. The Balaban J connectivity index is 1.57. The quantitative estimate of drug-likeness (QED) is 0.652. The number of likely N-dealkylation sites (tertiary alicyclic amines) is 1. The van der Waals surface area contributed by atoms with E-state index >= 15 is 0 Å². The van der Waals surface area contributed by atoms with Crippen LogP contribution < -0.4 is 11.1 Å². The molecule has 1 fully saturated rings. The van der Waals surface area contributed by atoms with Crippen molar-refractivity contribution >= 4 is 34.5 Å². The zero-order valence-electron chi connectivity index (χ0n) is 16.2. The summed E-state index contributed by atoms with van der Waals surface area (Å²) >= 11 is 7.10. The molecule has 7 nitrogen and oxygen atoms in total. The minimum Gasteiger partial charge on any atom is -0.403 e. The van der Waals surface area contributed by atoms with Crippen molar-refractivity contribution in [3.63, 3.8) is 0 Å². The number of carbonyl (C=O) groups excluding carboxylic acids is 1. The van der Waals surface area contributed by atoms with Gasteiger partial charge in [-0.1, -0.05) is 36.2 Å². The highest BCUT2D eigenvalue weighted by molar-refractivity contribution is 7.17. The first-order valence-corrected chi connectivity index (χ1v) is 10.8. The van der Waals surface area contributed by atoms with Crippen molar-refractivity contribution in [2.45, 2.75) is 32.2 Å². The molecule has 0 unspecified atom stereocenters. The van der Waals surface area contributed by atoms with Crippen LogP contribution in [-0.2, 0) is 6.54 Å². The van der Waals surface area contributed by atoms with Crippen molar-refractivity contribution in [3.05, 3.63) is 63.9 Å². The third-order valence-electron chi connectivity index (χ3n) is 4.66. The van der Waals surface area contributed by atoms with Gasteiger partial charge in [0.05, 0.1) is 27.7 Å². The Morgan fingerprint density at radius 1 is 1.28 bits per heavy atom. The lowest BCUT2D eigenvalue weighted by molar-refractivity contribution is 0.0954. The number of nitrogens with two attached hydrogens (primary N) is 1. The average molecular weight is 433 g/mol. The molecule has 3 rings (SSSR count). The van der Waals surface area contributed by atoms with Gasteiger partial charge in [0.2, 0.25) is 0 Å². The molecule has 3 heterocycles. The van der Waals surface area contributed by atoms with Crippen LogP contribution in [0.15, 0.2) is 49.0 Å². The topological polar surface area (TPSA) is 89.1 Å². The Morgan fingerprint density at radius 2 is 2.03 bits per heavy atom. The van der Waals surface area contributed by atoms with Crippen molar-refractivity contribution in [1.82, 2.24) is 25.2 Å². The fourth-order valence-corrected chi connectivity index (χ4v) is 4.01. The fourth-order valence-electron chi connectivity index (χ4n) is 3.05. The van der Waals surface area contributed by atoms with E-state index in [1.807, 2.05) is 12.2 Å². The third-order valence-corrected chi connectivity index (χ3v) is 5.89. The van der Waals surface area contributed by atoms with Crippen LogP contribution in [0.3, 0.4) is 0 Å². The van der Waals surface area contributed by atoms with Gasteiger partial charge in [0, 0.05) is 25.0 Å². The van der Waals surface area contributed by atoms with Crippen molar-refractivity contribution in [2.75, 3.05) is 13.1 Å². The highest BCUT2D eigenvalue weighted by atomic mass is 35.5. The summed E-state index contributed by atoms with van der Waals surface area (Å²) in [5, 5.41) is 11.0. The predicted molar refractivity (Wildman–Crippen MR) is 117 cm³/mol. The van der Waals surface area contributed by atoms with Crippen molar-refractivity contribution in [1.29, 1.82) is 0 Å². The molecule has 1 amide bonds. The van der Waals surface area contributed by atoms with Gasteiger partial charge >= 0.3 is 0 Å². The van der Waals surface area contributed by atoms with Gasteiger partial charge in [-0.3, -0.25) is 4.79 Å². The van der Waals surface area contributed by atoms with E-state index in [4.69, 9.17) is 17.3 Å². The maximum atomic E-state index is 12.1. The van der Waals surface area contributed by atoms with Gasteiger partial charge in [-0.15, -0.1) is 16.4 Å². The summed E-state index contributed by atoms with van der Waals surface area (Å²) in [5.74, 6) is -0.195. The number of carbonyl (C=O) groups is 1. The van der Waals surface area contributed by atoms with E-state index in [1.54, 1.807) is 23.0 Å². The zero-order chi connectivity index (χ0) is 20.6. The molecule has 0 atom stereocenters. The summed E-state index contributed by atoms with van der Waals surface area (Å²) in [6.07, 6.45) is 12.0. The molecule has 154 valence electrons. The van der Waals surface area contributed by atoms with Crippen molar-refractivity contribution < 1.29 is 4.79 Å². The van der Waals surface area contributed by atoms with Crippen LogP contribution in [-0.4, -0.2) is 38.9 Å². The number of allylic oxidation sites excluding steroid dienone is 3. The standard InChI is InChI=1S/C20H25ClN6OS/c1-15(26-10-4-2-3-5-11-26)6-7-17(12-22)27-14-16(24-25-27)13-23-20(28)18-8-9-19(21)29-18/h6-9,12,14H,1-5,10-11,13,22H2,(H,23,28)/b7-6-,17-12+. The molecule has 1 aliphatic heterocycles. The number of halogens is 1. The van der Waals surface area contributed by atoms with Crippen LogP contribution in [0.25, 0.3) is 5.70 Å². The van der Waals surface area contributed by atoms with Crippen LogP contribution in [0.1, 0.15) is 41.0 Å². The maximum Gasteiger partial charge on any atom is 0.261 e. The maximum absolute atomic E-state index is 12.1. The molecule has 9 heteroatoms. The van der Waals surface area contributed by atoms with Gasteiger partial charge < -0.3 is 16.0 Å². The average Bonchev–Trinajstić information content (AvgIpc) is 3.28. The van der Waals surface area contributed by atoms with Gasteiger partial charge in [0.1, 0.15) is 5.69 Å². The SMILES string of the molecule is C=C(/C=C\C(=C/N)n1cc(CNC(=O)c2ccc(Cl)s2)nn1)N1CCCCCC1. The van der Waals surface area contributed by atoms with E-state index in [2.05, 4.69) is 27.1 Å². The van der Waals surface area contributed by atoms with E-state index < -0.39 is 0 Å². The summed E-state index contributed by atoms with van der Waals surface area (Å²) in [6, 6.07) is 3.39. The predicted octanol–water partition coefficient (Wildman–Crippen LogP) is 3.63. The fraction of sp³-hybridized carbons (Fsp3) is 0.350. The lowest BCUT2D eigenvalue weighted by atomic mass is 10.2. The molecule has 3 N–H and O–H groups in total. The summed E-state index contributed by atoms with van der Waals surface area (Å²) in [6.45, 7) is 6.51. The Kier molecular flexibility index (Phi) is 7.48. The number of nitrogens with zero attached hydrogens (tertiary/aromatic N) is 4. The highest BCUT2D eigenvalue weighted by Crippen LogP contribution is 2.21. The summed E-state index contributed by atoms with van der Waals surface area (Å²) in [5.41, 5.74) is 8.05. The van der Waals surface area contributed by atoms with E-state index in [-0.39, 0.29) is 12.5 Å². The largest absolute Gasteiger partial charge is 0.403 e. The molecular formula is C20H25ClN6OS. The molecule has 0 spiro atoms. The number of aromatic nitrogens is 3. The first-order chi connectivity index (χ1) is 14.1. The molecule has 0 radical (unpaired) electrons. The Labute approximate surface area is 179 Å². The van der Waals surface area contributed by atoms with Crippen molar-refractivity contribution in [3.8, 4) is 0 Å². The lowest BCUT2D eigenvalue weighted by Crippen LogP contribution is -2.22. The van der Waals surface area contributed by atoms with E-state index in [1.165, 1.54) is 43.2 Å². The molecule has 0 aromatic carbocycles. The third kappa shape index (κ3) is 5.95. The number of hydrogen-bond donors (Lipinski definition) is 2. The highest BCUT2D eigenvalue weighted by Gasteiger charge is 2.11. The number of amides is 1. The number of thiophene rings is 1. The second-order valence-corrected chi connectivity index (χ2v) is 8.47. The molecule has 0 bridgehead atoms. The molecule has 0 aliphatic carbocycles. The number of hydrogen-bond acceptors (Lipinski definition) is 6. The molecule has 29 heavy (non-hydrogen) atoms. The summed E-state index contributed by atoms with van der Waals surface area (Å²) in [4.78, 5) is 15.0. The minimum atomic E-state index is -0.195. The summed E-state index contributed by atoms with van der Waals surface area (Å²) in [7, 11) is 0. The summed E-state index contributed by atoms with van der Waals surface area (Å²) < 4.78 is 2.16. The van der Waals surface area contributed by atoms with Crippen LogP contribution in [0.4, 0.5) is 0 Å². The van der Waals surface area contributed by atoms with Gasteiger partial charge in [0.15, 0.2) is 0 Å². The van der Waals surface area contributed by atoms with Crippen LogP contribution in [0.2, 0.25) is 4.34 Å². The first-order valence-electron chi connectivity index (χ1n) is 9.56. The molecule has 1 aliphatic rings.